The van der Waals surface area contributed by atoms with E-state index in [0.717, 1.165) is 11.0 Å². The molecule has 1 fully saturated rings. The van der Waals surface area contributed by atoms with E-state index in [1.807, 2.05) is 0 Å². The lowest BCUT2D eigenvalue weighted by molar-refractivity contribution is -0.158. The number of benzene rings is 1. The van der Waals surface area contributed by atoms with Crippen LogP contribution in [-0.4, -0.2) is 52.3 Å². The summed E-state index contributed by atoms with van der Waals surface area (Å²) in [6, 6.07) is 0.712. The molecule has 37 heavy (non-hydrogen) atoms. The largest absolute Gasteiger partial charge is 0.480 e. The van der Waals surface area contributed by atoms with Crippen molar-refractivity contribution < 1.29 is 41.0 Å². The van der Waals surface area contributed by atoms with Crippen molar-refractivity contribution in [1.82, 2.24) is 14.9 Å². The first-order chi connectivity index (χ1) is 17.3. The standard InChI is InChI=1S/C23H18F6N4O4/c1-32(9-17(34)35)16-5-4-12-19(36)13(22(37)31-20(10-2-3-10)23(27,28)29)8-33(21(12)30-16)18-14(25)6-11(24)7-15(18)26/h4-8,10,20H,2-3,9H2,1H3,(H,31,37)(H,34,35). The topological polar surface area (TPSA) is 105 Å². The number of pyridine rings is 2. The van der Waals surface area contributed by atoms with Crippen LogP contribution < -0.4 is 15.6 Å². The lowest BCUT2D eigenvalue weighted by Crippen LogP contribution is -2.48. The maximum atomic E-state index is 14.7. The Morgan fingerprint density at radius 3 is 2.35 bits per heavy atom. The molecule has 1 atom stereocenters. The molecule has 196 valence electrons. The number of carboxylic acids is 1. The van der Waals surface area contributed by atoms with Gasteiger partial charge in [0, 0.05) is 25.4 Å². The number of likely N-dealkylation sites (N-methyl/N-ethyl adjacent to an activating group) is 1. The molecule has 2 N–H and O–H groups in total. The third-order valence-electron chi connectivity index (χ3n) is 5.80. The van der Waals surface area contributed by atoms with E-state index >= 15 is 0 Å². The molecule has 2 heterocycles. The molecule has 0 saturated heterocycles. The van der Waals surface area contributed by atoms with Crippen LogP contribution in [0.1, 0.15) is 23.2 Å². The summed E-state index contributed by atoms with van der Waals surface area (Å²) in [6.45, 7) is -0.539. The molecule has 0 spiro atoms. The molecule has 1 aliphatic carbocycles. The summed E-state index contributed by atoms with van der Waals surface area (Å²) in [6.07, 6.45) is -3.75. The monoisotopic (exact) mass is 528 g/mol. The van der Waals surface area contributed by atoms with Crippen molar-refractivity contribution in [3.05, 3.63) is 63.7 Å². The number of halogens is 6. The van der Waals surface area contributed by atoms with Crippen LogP contribution in [0.5, 0.6) is 0 Å². The van der Waals surface area contributed by atoms with Crippen LogP contribution in [0.2, 0.25) is 0 Å². The Hall–Kier alpha value is -4.10. The summed E-state index contributed by atoms with van der Waals surface area (Å²) in [5.74, 6) is -7.75. The number of amides is 1. The Kier molecular flexibility index (Phi) is 6.60. The fourth-order valence-corrected chi connectivity index (χ4v) is 3.90. The van der Waals surface area contributed by atoms with Gasteiger partial charge in [-0.3, -0.25) is 19.0 Å². The van der Waals surface area contributed by atoms with Gasteiger partial charge in [0.2, 0.25) is 5.43 Å². The van der Waals surface area contributed by atoms with Gasteiger partial charge in [-0.25, -0.2) is 18.2 Å². The molecule has 1 amide bonds. The molecule has 3 aromatic rings. The zero-order valence-electron chi connectivity index (χ0n) is 18.9. The highest BCUT2D eigenvalue weighted by atomic mass is 19.4. The Labute approximate surface area is 204 Å². The lowest BCUT2D eigenvalue weighted by atomic mass is 10.1. The maximum Gasteiger partial charge on any atom is 0.408 e. The summed E-state index contributed by atoms with van der Waals surface area (Å²) in [5, 5.41) is 10.4. The van der Waals surface area contributed by atoms with Crippen LogP contribution in [0.25, 0.3) is 16.7 Å². The van der Waals surface area contributed by atoms with Crippen molar-refractivity contribution in [2.45, 2.75) is 25.1 Å². The average molecular weight is 528 g/mol. The van der Waals surface area contributed by atoms with Crippen LogP contribution in [0, 0.1) is 23.4 Å². The van der Waals surface area contributed by atoms with E-state index in [9.17, 15) is 40.7 Å². The number of rotatable bonds is 7. The normalized spacial score (nSPS) is 14.5. The van der Waals surface area contributed by atoms with Crippen molar-refractivity contribution in [3.63, 3.8) is 0 Å². The van der Waals surface area contributed by atoms with Gasteiger partial charge in [0.25, 0.3) is 5.91 Å². The van der Waals surface area contributed by atoms with Crippen LogP contribution in [0.15, 0.2) is 35.3 Å². The first kappa shape index (κ1) is 26.0. The molecule has 1 aliphatic rings. The van der Waals surface area contributed by atoms with Gasteiger partial charge in [-0.2, -0.15) is 13.2 Å². The molecule has 0 aliphatic heterocycles. The number of aromatic nitrogens is 2. The fourth-order valence-electron chi connectivity index (χ4n) is 3.90. The highest BCUT2D eigenvalue weighted by Gasteiger charge is 2.49. The summed E-state index contributed by atoms with van der Waals surface area (Å²) < 4.78 is 84.0. The van der Waals surface area contributed by atoms with Gasteiger partial charge >= 0.3 is 12.1 Å². The van der Waals surface area contributed by atoms with Gasteiger partial charge in [0.1, 0.15) is 35.5 Å². The summed E-state index contributed by atoms with van der Waals surface area (Å²) in [4.78, 5) is 42.2. The minimum atomic E-state index is -4.80. The number of aliphatic carboxylic acids is 1. The van der Waals surface area contributed by atoms with Crippen LogP contribution >= 0.6 is 0 Å². The maximum absolute atomic E-state index is 14.7. The van der Waals surface area contributed by atoms with Crippen molar-refractivity contribution >= 4 is 28.7 Å². The van der Waals surface area contributed by atoms with Crippen molar-refractivity contribution in [2.24, 2.45) is 5.92 Å². The SMILES string of the molecule is CN(CC(=O)O)c1ccc2c(=O)c(C(=O)NC(C3CC3)C(F)(F)F)cn(-c3c(F)cc(F)cc3F)c2n1. The molecule has 8 nitrogen and oxygen atoms in total. The molecule has 1 saturated carbocycles. The third kappa shape index (κ3) is 5.22. The summed E-state index contributed by atoms with van der Waals surface area (Å²) in [5.41, 5.74) is -3.35. The van der Waals surface area contributed by atoms with Crippen LogP contribution in [-0.2, 0) is 4.79 Å². The number of anilines is 1. The van der Waals surface area contributed by atoms with Crippen LogP contribution in [0.4, 0.5) is 32.2 Å². The minimum absolute atomic E-state index is 0.0472. The van der Waals surface area contributed by atoms with Gasteiger partial charge in [-0.1, -0.05) is 0 Å². The molecule has 14 heteroatoms. The number of carbonyl (C=O) groups is 2. The highest BCUT2D eigenvalue weighted by Crippen LogP contribution is 2.40. The number of carboxylic acid groups (broad SMARTS) is 1. The number of alkyl halides is 3. The van der Waals surface area contributed by atoms with Crippen LogP contribution in [0.3, 0.4) is 0 Å². The van der Waals surface area contributed by atoms with Gasteiger partial charge in [-0.05, 0) is 30.9 Å². The second-order valence-electron chi connectivity index (χ2n) is 8.58. The molecule has 0 bridgehead atoms. The molecular formula is C23H18F6N4O4. The van der Waals surface area contributed by atoms with Gasteiger partial charge in [-0.15, -0.1) is 0 Å². The van der Waals surface area contributed by atoms with E-state index in [1.54, 1.807) is 5.32 Å². The fraction of sp³-hybridized carbons (Fsp3) is 0.304. The predicted molar refractivity (Wildman–Crippen MR) is 118 cm³/mol. The highest BCUT2D eigenvalue weighted by molar-refractivity contribution is 5.97. The van der Waals surface area contributed by atoms with E-state index in [2.05, 4.69) is 4.98 Å². The zero-order chi connectivity index (χ0) is 27.2. The van der Waals surface area contributed by atoms with Crippen molar-refractivity contribution in [2.75, 3.05) is 18.5 Å². The number of carbonyl (C=O) groups excluding carboxylic acids is 1. The number of nitrogens with zero attached hydrogens (tertiary/aromatic N) is 3. The zero-order valence-corrected chi connectivity index (χ0v) is 18.9. The molecule has 0 radical (unpaired) electrons. The van der Waals surface area contributed by atoms with E-state index in [-0.39, 0.29) is 18.7 Å². The predicted octanol–water partition coefficient (Wildman–Crippen LogP) is 3.39. The van der Waals surface area contributed by atoms with Gasteiger partial charge < -0.3 is 15.3 Å². The van der Waals surface area contributed by atoms with E-state index < -0.39 is 81.7 Å². The molecular weight excluding hydrogens is 510 g/mol. The Morgan fingerprint density at radius 1 is 1.19 bits per heavy atom. The summed E-state index contributed by atoms with van der Waals surface area (Å²) in [7, 11) is 1.33. The Balaban J connectivity index is 1.93. The third-order valence-corrected chi connectivity index (χ3v) is 5.80. The van der Waals surface area contributed by atoms with E-state index in [4.69, 9.17) is 5.11 Å². The number of hydrogen-bond donors (Lipinski definition) is 2. The first-order valence-electron chi connectivity index (χ1n) is 10.8. The first-order valence-corrected chi connectivity index (χ1v) is 10.8. The number of nitrogens with one attached hydrogen (secondary N) is 1. The second kappa shape index (κ2) is 9.41. The van der Waals surface area contributed by atoms with E-state index in [0.29, 0.717) is 22.9 Å². The Bertz CT molecular complexity index is 1450. The molecule has 4 rings (SSSR count). The molecule has 2 aromatic heterocycles. The molecule has 1 aromatic carbocycles. The second-order valence-corrected chi connectivity index (χ2v) is 8.58. The number of hydrogen-bond acceptors (Lipinski definition) is 5. The quantitative estimate of drug-likeness (QED) is 0.456. The minimum Gasteiger partial charge on any atom is -0.480 e. The van der Waals surface area contributed by atoms with E-state index in [1.165, 1.54) is 13.1 Å². The average Bonchev–Trinajstić information content (AvgIpc) is 3.61. The van der Waals surface area contributed by atoms with Gasteiger partial charge in [0.15, 0.2) is 17.3 Å². The lowest BCUT2D eigenvalue weighted by Gasteiger charge is -2.22. The smallest absolute Gasteiger partial charge is 0.408 e. The molecule has 1 unspecified atom stereocenters. The summed E-state index contributed by atoms with van der Waals surface area (Å²) >= 11 is 0. The number of fused-ring (bicyclic) bond motifs is 1. The van der Waals surface area contributed by atoms with Crippen molar-refractivity contribution in [3.8, 4) is 5.69 Å². The Morgan fingerprint density at radius 2 is 1.81 bits per heavy atom. The van der Waals surface area contributed by atoms with Crippen molar-refractivity contribution in [1.29, 1.82) is 0 Å². The van der Waals surface area contributed by atoms with Gasteiger partial charge in [0.05, 0.1) is 5.39 Å².